The lowest BCUT2D eigenvalue weighted by Crippen LogP contribution is -2.32. The molecule has 8 nitrogen and oxygen atoms in total. The van der Waals surface area contributed by atoms with Gasteiger partial charge in [0.25, 0.3) is 11.8 Å². The highest BCUT2D eigenvalue weighted by Crippen LogP contribution is 2.22. The molecule has 1 aliphatic heterocycles. The van der Waals surface area contributed by atoms with Gasteiger partial charge in [0, 0.05) is 25.4 Å². The van der Waals surface area contributed by atoms with Crippen molar-refractivity contribution in [1.29, 1.82) is 0 Å². The number of aromatic nitrogens is 2. The Labute approximate surface area is 160 Å². The third-order valence-electron chi connectivity index (χ3n) is 4.64. The number of aromatic hydroxyl groups is 1. The van der Waals surface area contributed by atoms with E-state index in [1.165, 1.54) is 4.90 Å². The normalized spacial score (nSPS) is 13.2. The van der Waals surface area contributed by atoms with Gasteiger partial charge in [-0.05, 0) is 30.7 Å². The molecule has 1 aliphatic rings. The smallest absolute Gasteiger partial charge is 0.261 e. The maximum Gasteiger partial charge on any atom is 0.261 e. The molecule has 3 aromatic rings. The largest absolute Gasteiger partial charge is 0.504 e. The molecule has 142 valence electrons. The van der Waals surface area contributed by atoms with E-state index in [1.807, 2.05) is 0 Å². The van der Waals surface area contributed by atoms with E-state index in [2.05, 4.69) is 10.3 Å². The molecule has 4 rings (SSSR count). The van der Waals surface area contributed by atoms with Crippen molar-refractivity contribution in [1.82, 2.24) is 19.6 Å². The van der Waals surface area contributed by atoms with E-state index in [4.69, 9.17) is 0 Å². The quantitative estimate of drug-likeness (QED) is 0.636. The number of carbonyl (C=O) groups excluding carboxylic acids is 3. The molecule has 0 aliphatic carbocycles. The van der Waals surface area contributed by atoms with Gasteiger partial charge in [-0.1, -0.05) is 12.1 Å². The number of pyridine rings is 1. The summed E-state index contributed by atoms with van der Waals surface area (Å²) in [5.41, 5.74) is 1.87. The molecule has 2 aromatic heterocycles. The van der Waals surface area contributed by atoms with Crippen LogP contribution in [0, 0.1) is 0 Å². The summed E-state index contributed by atoms with van der Waals surface area (Å²) in [4.78, 5) is 42.1. The summed E-state index contributed by atoms with van der Waals surface area (Å²) >= 11 is 0. The highest BCUT2D eigenvalue weighted by Gasteiger charge is 2.34. The number of hydrogen-bond donors (Lipinski definition) is 2. The van der Waals surface area contributed by atoms with Gasteiger partial charge in [0.15, 0.2) is 11.4 Å². The van der Waals surface area contributed by atoms with Crippen LogP contribution < -0.4 is 5.32 Å². The van der Waals surface area contributed by atoms with Crippen molar-refractivity contribution in [2.45, 2.75) is 19.4 Å². The molecule has 3 amide bonds. The van der Waals surface area contributed by atoms with Crippen LogP contribution in [0.1, 0.15) is 39.3 Å². The van der Waals surface area contributed by atoms with E-state index in [0.29, 0.717) is 28.9 Å². The minimum absolute atomic E-state index is 0.0704. The van der Waals surface area contributed by atoms with Crippen LogP contribution in [-0.2, 0) is 11.3 Å². The molecule has 0 bridgehead atoms. The Morgan fingerprint density at radius 2 is 1.79 bits per heavy atom. The number of imidazole rings is 1. The highest BCUT2D eigenvalue weighted by atomic mass is 16.3. The van der Waals surface area contributed by atoms with E-state index >= 15 is 0 Å². The van der Waals surface area contributed by atoms with Crippen molar-refractivity contribution in [3.05, 3.63) is 65.6 Å². The number of nitrogens with one attached hydrogen (secondary N) is 1. The topological polar surface area (TPSA) is 104 Å². The minimum atomic E-state index is -0.314. The van der Waals surface area contributed by atoms with Crippen LogP contribution in [0.3, 0.4) is 0 Å². The van der Waals surface area contributed by atoms with Crippen molar-refractivity contribution in [3.63, 3.8) is 0 Å². The molecule has 0 fully saturated rings. The summed E-state index contributed by atoms with van der Waals surface area (Å²) < 4.78 is 1.68. The number of amides is 3. The van der Waals surface area contributed by atoms with Gasteiger partial charge in [-0.15, -0.1) is 0 Å². The van der Waals surface area contributed by atoms with Crippen LogP contribution in [0.4, 0.5) is 0 Å². The Kier molecular flexibility index (Phi) is 4.52. The summed E-state index contributed by atoms with van der Waals surface area (Å²) in [5, 5.41) is 12.5. The minimum Gasteiger partial charge on any atom is -0.504 e. The Bertz CT molecular complexity index is 1050. The number of nitrogens with zero attached hydrogens (tertiary/aromatic N) is 3. The summed E-state index contributed by atoms with van der Waals surface area (Å²) in [6.07, 6.45) is 4.05. The fourth-order valence-corrected chi connectivity index (χ4v) is 3.25. The van der Waals surface area contributed by atoms with Crippen LogP contribution in [0.25, 0.3) is 5.65 Å². The first kappa shape index (κ1) is 17.7. The summed E-state index contributed by atoms with van der Waals surface area (Å²) in [7, 11) is 0. The number of carbonyl (C=O) groups is 3. The first-order valence-electron chi connectivity index (χ1n) is 8.92. The molecular formula is C20H18N4O4. The zero-order valence-electron chi connectivity index (χ0n) is 15.0. The van der Waals surface area contributed by atoms with Gasteiger partial charge in [-0.3, -0.25) is 19.3 Å². The maximum atomic E-state index is 12.3. The lowest BCUT2D eigenvalue weighted by molar-refractivity contribution is -0.121. The molecule has 2 N–H and O–H groups in total. The van der Waals surface area contributed by atoms with E-state index in [0.717, 1.165) is 0 Å². The second kappa shape index (κ2) is 7.15. The average Bonchev–Trinajstić information content (AvgIpc) is 3.22. The van der Waals surface area contributed by atoms with Crippen LogP contribution in [0.2, 0.25) is 0 Å². The monoisotopic (exact) mass is 378 g/mol. The van der Waals surface area contributed by atoms with E-state index in [9.17, 15) is 19.5 Å². The summed E-state index contributed by atoms with van der Waals surface area (Å²) in [5.74, 6) is -0.755. The lowest BCUT2D eigenvalue weighted by Gasteiger charge is -2.13. The van der Waals surface area contributed by atoms with Crippen molar-refractivity contribution in [2.24, 2.45) is 0 Å². The van der Waals surface area contributed by atoms with Crippen molar-refractivity contribution < 1.29 is 19.5 Å². The molecule has 0 unspecified atom stereocenters. The van der Waals surface area contributed by atoms with Gasteiger partial charge >= 0.3 is 0 Å². The molecule has 8 heteroatoms. The Morgan fingerprint density at radius 3 is 2.46 bits per heavy atom. The van der Waals surface area contributed by atoms with Crippen molar-refractivity contribution in [3.8, 4) is 5.75 Å². The number of hydrogen-bond acceptors (Lipinski definition) is 5. The van der Waals surface area contributed by atoms with Gasteiger partial charge in [0.05, 0.1) is 23.4 Å². The fourth-order valence-electron chi connectivity index (χ4n) is 3.25. The third-order valence-corrected chi connectivity index (χ3v) is 4.64. The van der Waals surface area contributed by atoms with Crippen LogP contribution >= 0.6 is 0 Å². The predicted molar refractivity (Wildman–Crippen MR) is 99.7 cm³/mol. The highest BCUT2D eigenvalue weighted by molar-refractivity contribution is 6.21. The summed E-state index contributed by atoms with van der Waals surface area (Å²) in [6, 6.07) is 9.96. The van der Waals surface area contributed by atoms with Gasteiger partial charge in [0.1, 0.15) is 0 Å². The Morgan fingerprint density at radius 1 is 1.07 bits per heavy atom. The van der Waals surface area contributed by atoms with Crippen LogP contribution in [0.15, 0.2) is 48.8 Å². The molecule has 3 heterocycles. The number of benzene rings is 1. The second-order valence-corrected chi connectivity index (χ2v) is 6.54. The Hall–Kier alpha value is -3.68. The first-order chi connectivity index (χ1) is 13.5. The zero-order valence-corrected chi connectivity index (χ0v) is 15.0. The van der Waals surface area contributed by atoms with E-state index in [-0.39, 0.29) is 43.0 Å². The van der Waals surface area contributed by atoms with Crippen molar-refractivity contribution >= 4 is 23.4 Å². The van der Waals surface area contributed by atoms with Crippen LogP contribution in [0.5, 0.6) is 5.75 Å². The predicted octanol–water partition coefficient (Wildman–Crippen LogP) is 1.73. The number of rotatable bonds is 6. The Balaban J connectivity index is 1.28. The third kappa shape index (κ3) is 3.20. The summed E-state index contributed by atoms with van der Waals surface area (Å²) in [6.45, 7) is 0.426. The number of imide groups is 1. The first-order valence-corrected chi connectivity index (χ1v) is 8.92. The molecule has 1 aromatic carbocycles. The molecule has 0 spiro atoms. The molecule has 0 atom stereocenters. The van der Waals surface area contributed by atoms with Crippen molar-refractivity contribution in [2.75, 3.05) is 6.54 Å². The number of fused-ring (bicyclic) bond motifs is 2. The van der Waals surface area contributed by atoms with E-state index < -0.39 is 0 Å². The standard InChI is InChI=1S/C20H18N4O4/c25-16-7-3-9-23-12-13(22-18(16)23)11-21-17(26)8-4-10-24-19(27)14-5-1-2-6-15(14)20(24)28/h1-3,5-7,9,12,25H,4,8,10-11H2,(H,21,26). The van der Waals surface area contributed by atoms with Gasteiger partial charge in [-0.2, -0.15) is 0 Å². The molecular weight excluding hydrogens is 360 g/mol. The van der Waals surface area contributed by atoms with Gasteiger partial charge in [0.2, 0.25) is 5.91 Å². The lowest BCUT2D eigenvalue weighted by atomic mass is 10.1. The molecule has 0 radical (unpaired) electrons. The van der Waals surface area contributed by atoms with Crippen LogP contribution in [-0.4, -0.2) is 43.7 Å². The van der Waals surface area contributed by atoms with Gasteiger partial charge < -0.3 is 14.8 Å². The molecule has 0 saturated carbocycles. The van der Waals surface area contributed by atoms with E-state index in [1.54, 1.807) is 53.2 Å². The fraction of sp³-hybridized carbons (Fsp3) is 0.200. The molecule has 0 saturated heterocycles. The SMILES string of the molecule is O=C(CCCN1C(=O)c2ccccc2C1=O)NCc1cn2cccc(O)c2n1. The second-order valence-electron chi connectivity index (χ2n) is 6.54. The zero-order chi connectivity index (χ0) is 19.7. The maximum absolute atomic E-state index is 12.3. The average molecular weight is 378 g/mol. The molecule has 28 heavy (non-hydrogen) atoms. The van der Waals surface area contributed by atoms with Gasteiger partial charge in [-0.25, -0.2) is 4.98 Å².